The van der Waals surface area contributed by atoms with Crippen LogP contribution in [-0.2, 0) is 0 Å². The van der Waals surface area contributed by atoms with Crippen LogP contribution in [0.1, 0.15) is 34.6 Å². The van der Waals surface area contributed by atoms with E-state index in [2.05, 4.69) is 44.4 Å². The first-order chi connectivity index (χ1) is 6.92. The zero-order valence-corrected chi connectivity index (χ0v) is 10.8. The van der Waals surface area contributed by atoms with Crippen LogP contribution in [0.5, 0.6) is 0 Å². The van der Waals surface area contributed by atoms with Gasteiger partial charge in [-0.05, 0) is 34.2 Å². The van der Waals surface area contributed by atoms with E-state index in [1.165, 1.54) is 0 Å². The van der Waals surface area contributed by atoms with Crippen LogP contribution in [0, 0.1) is 0 Å². The summed E-state index contributed by atoms with van der Waals surface area (Å²) >= 11 is 0. The predicted octanol–water partition coefficient (Wildman–Crippen LogP) is 1.17. The van der Waals surface area contributed by atoms with Gasteiger partial charge in [-0.2, -0.15) is 0 Å². The normalized spacial score (nSPS) is 28.6. The van der Waals surface area contributed by atoms with E-state index in [9.17, 15) is 5.11 Å². The molecule has 1 saturated heterocycles. The number of likely N-dealkylation sites (N-methyl/N-ethyl adjacent to an activating group) is 1. The molecule has 0 amide bonds. The minimum atomic E-state index is 0.227. The number of nitrogens with zero attached hydrogens (tertiary/aromatic N) is 2. The van der Waals surface area contributed by atoms with E-state index in [0.717, 1.165) is 19.6 Å². The molecule has 1 rings (SSSR count). The van der Waals surface area contributed by atoms with E-state index in [4.69, 9.17) is 0 Å². The third-order valence-electron chi connectivity index (χ3n) is 3.58. The van der Waals surface area contributed by atoms with Gasteiger partial charge in [0.15, 0.2) is 0 Å². The van der Waals surface area contributed by atoms with E-state index in [1.807, 2.05) is 0 Å². The number of piperazine rings is 1. The Balaban J connectivity index is 2.77. The van der Waals surface area contributed by atoms with Gasteiger partial charge in [-0.15, -0.1) is 0 Å². The van der Waals surface area contributed by atoms with Gasteiger partial charge in [-0.1, -0.05) is 6.92 Å². The van der Waals surface area contributed by atoms with Crippen molar-refractivity contribution in [1.29, 1.82) is 0 Å². The average Bonchev–Trinajstić information content (AvgIpc) is 2.16. The summed E-state index contributed by atoms with van der Waals surface area (Å²) in [5.74, 6) is 0. The molecule has 0 aromatic carbocycles. The molecule has 1 aliphatic heterocycles. The largest absolute Gasteiger partial charge is 0.395 e. The van der Waals surface area contributed by atoms with Crippen molar-refractivity contribution < 1.29 is 5.11 Å². The number of hydrogen-bond acceptors (Lipinski definition) is 3. The first kappa shape index (κ1) is 12.9. The van der Waals surface area contributed by atoms with Crippen molar-refractivity contribution in [2.24, 2.45) is 0 Å². The summed E-state index contributed by atoms with van der Waals surface area (Å²) < 4.78 is 0. The number of hydrogen-bond donors (Lipinski definition) is 1. The Morgan fingerprint density at radius 1 is 1.40 bits per heavy atom. The Kier molecular flexibility index (Phi) is 4.15. The second kappa shape index (κ2) is 4.81. The summed E-state index contributed by atoms with van der Waals surface area (Å²) in [6.45, 7) is 14.6. The van der Waals surface area contributed by atoms with Gasteiger partial charge in [-0.3, -0.25) is 9.80 Å². The molecule has 3 heteroatoms. The van der Waals surface area contributed by atoms with E-state index in [1.54, 1.807) is 0 Å². The van der Waals surface area contributed by atoms with Crippen LogP contribution in [0.2, 0.25) is 0 Å². The molecule has 0 aromatic heterocycles. The van der Waals surface area contributed by atoms with Gasteiger partial charge < -0.3 is 5.11 Å². The Morgan fingerprint density at radius 2 is 2.00 bits per heavy atom. The van der Waals surface area contributed by atoms with Crippen molar-refractivity contribution in [3.05, 3.63) is 0 Å². The van der Waals surface area contributed by atoms with Gasteiger partial charge in [0.05, 0.1) is 6.61 Å². The highest BCUT2D eigenvalue weighted by Crippen LogP contribution is 2.25. The fourth-order valence-electron chi connectivity index (χ4n) is 2.61. The standard InChI is InChI=1S/C12H26N2O/c1-6-13-7-11(8-15)14(10(2)3)9-12(13,4)5/h10-11,15H,6-9H2,1-5H3. The molecule has 0 saturated carbocycles. The summed E-state index contributed by atoms with van der Waals surface area (Å²) in [5.41, 5.74) is 0.227. The molecular weight excluding hydrogens is 188 g/mol. The van der Waals surface area contributed by atoms with Gasteiger partial charge >= 0.3 is 0 Å². The van der Waals surface area contributed by atoms with Gasteiger partial charge in [0.25, 0.3) is 0 Å². The quantitative estimate of drug-likeness (QED) is 0.764. The van der Waals surface area contributed by atoms with Gasteiger partial charge in [0.1, 0.15) is 0 Å². The van der Waals surface area contributed by atoms with Crippen LogP contribution in [0.3, 0.4) is 0 Å². The van der Waals surface area contributed by atoms with E-state index < -0.39 is 0 Å². The zero-order chi connectivity index (χ0) is 11.6. The van der Waals surface area contributed by atoms with Crippen LogP contribution >= 0.6 is 0 Å². The fraction of sp³-hybridized carbons (Fsp3) is 1.00. The molecule has 1 atom stereocenters. The summed E-state index contributed by atoms with van der Waals surface area (Å²) in [6, 6.07) is 0.818. The molecule has 0 aliphatic carbocycles. The summed E-state index contributed by atoms with van der Waals surface area (Å²) in [5, 5.41) is 9.43. The third kappa shape index (κ3) is 2.71. The first-order valence-corrected chi connectivity index (χ1v) is 6.04. The highest BCUT2D eigenvalue weighted by molar-refractivity contribution is 4.95. The highest BCUT2D eigenvalue weighted by atomic mass is 16.3. The SMILES string of the molecule is CCN1CC(CO)N(C(C)C)CC1(C)C. The molecule has 0 spiro atoms. The average molecular weight is 214 g/mol. The van der Waals surface area contributed by atoms with E-state index in [0.29, 0.717) is 12.1 Å². The summed E-state index contributed by atoms with van der Waals surface area (Å²) in [7, 11) is 0. The fourth-order valence-corrected chi connectivity index (χ4v) is 2.61. The molecule has 1 aliphatic rings. The van der Waals surface area contributed by atoms with Crippen molar-refractivity contribution in [3.63, 3.8) is 0 Å². The van der Waals surface area contributed by atoms with Gasteiger partial charge in [-0.25, -0.2) is 0 Å². The molecule has 0 bridgehead atoms. The van der Waals surface area contributed by atoms with Crippen LogP contribution in [-0.4, -0.2) is 58.8 Å². The number of rotatable bonds is 3. The van der Waals surface area contributed by atoms with Crippen LogP contribution in [0.4, 0.5) is 0 Å². The Bertz CT molecular complexity index is 204. The molecule has 1 fully saturated rings. The molecule has 3 nitrogen and oxygen atoms in total. The van der Waals surface area contributed by atoms with Crippen LogP contribution < -0.4 is 0 Å². The van der Waals surface area contributed by atoms with Crippen molar-refractivity contribution in [2.45, 2.75) is 52.2 Å². The molecule has 1 heterocycles. The van der Waals surface area contributed by atoms with Crippen LogP contribution in [0.25, 0.3) is 0 Å². The first-order valence-electron chi connectivity index (χ1n) is 6.04. The second-order valence-corrected chi connectivity index (χ2v) is 5.45. The lowest BCUT2D eigenvalue weighted by molar-refractivity contribution is -0.0456. The maximum absolute atomic E-state index is 9.43. The molecule has 0 radical (unpaired) electrons. The summed E-state index contributed by atoms with van der Waals surface area (Å²) in [4.78, 5) is 4.89. The van der Waals surface area contributed by atoms with Gasteiger partial charge in [0, 0.05) is 30.7 Å². The Labute approximate surface area is 94.1 Å². The van der Waals surface area contributed by atoms with Crippen molar-refractivity contribution in [2.75, 3.05) is 26.2 Å². The highest BCUT2D eigenvalue weighted by Gasteiger charge is 2.38. The Hall–Kier alpha value is -0.120. The topological polar surface area (TPSA) is 26.7 Å². The maximum Gasteiger partial charge on any atom is 0.0599 e. The number of aliphatic hydroxyl groups excluding tert-OH is 1. The van der Waals surface area contributed by atoms with Gasteiger partial charge in [0.2, 0.25) is 0 Å². The second-order valence-electron chi connectivity index (χ2n) is 5.45. The Morgan fingerprint density at radius 3 is 2.40 bits per heavy atom. The lowest BCUT2D eigenvalue weighted by Gasteiger charge is -2.52. The minimum Gasteiger partial charge on any atom is -0.395 e. The molecular formula is C12H26N2O. The molecule has 1 unspecified atom stereocenters. The minimum absolute atomic E-state index is 0.227. The van der Waals surface area contributed by atoms with E-state index in [-0.39, 0.29) is 12.1 Å². The third-order valence-corrected chi connectivity index (χ3v) is 3.58. The van der Waals surface area contributed by atoms with Crippen molar-refractivity contribution in [1.82, 2.24) is 9.80 Å². The monoisotopic (exact) mass is 214 g/mol. The van der Waals surface area contributed by atoms with E-state index >= 15 is 0 Å². The smallest absolute Gasteiger partial charge is 0.0599 e. The lowest BCUT2D eigenvalue weighted by Crippen LogP contribution is -2.65. The van der Waals surface area contributed by atoms with Crippen molar-refractivity contribution >= 4 is 0 Å². The maximum atomic E-state index is 9.43. The molecule has 0 aromatic rings. The molecule has 90 valence electrons. The lowest BCUT2D eigenvalue weighted by atomic mass is 9.94. The van der Waals surface area contributed by atoms with Crippen LogP contribution in [0.15, 0.2) is 0 Å². The predicted molar refractivity (Wildman–Crippen MR) is 64.0 cm³/mol. The summed E-state index contributed by atoms with van der Waals surface area (Å²) in [6.07, 6.45) is 0. The van der Waals surface area contributed by atoms with Crippen molar-refractivity contribution in [3.8, 4) is 0 Å². The molecule has 1 N–H and O–H groups in total. The molecule has 15 heavy (non-hydrogen) atoms. The zero-order valence-electron chi connectivity index (χ0n) is 10.8. The number of aliphatic hydroxyl groups is 1.